The number of aromatic nitrogens is 1. The van der Waals surface area contributed by atoms with Crippen molar-refractivity contribution in [2.45, 2.75) is 46.5 Å². The van der Waals surface area contributed by atoms with Crippen LogP contribution in [0.5, 0.6) is 0 Å². The molecule has 114 valence electrons. The number of fused-ring (bicyclic) bond motifs is 1. The van der Waals surface area contributed by atoms with Crippen molar-refractivity contribution in [2.24, 2.45) is 0 Å². The lowest BCUT2D eigenvalue weighted by Crippen LogP contribution is -2.15. The molecule has 0 saturated heterocycles. The summed E-state index contributed by atoms with van der Waals surface area (Å²) in [6.45, 7) is 11.3. The molecule has 0 aliphatic heterocycles. The average molecular weight is 353 g/mol. The Bertz CT molecular complexity index is 675. The van der Waals surface area contributed by atoms with Gasteiger partial charge in [0.25, 0.3) is 0 Å². The predicted molar refractivity (Wildman–Crippen MR) is 91.6 cm³/mol. The van der Waals surface area contributed by atoms with Gasteiger partial charge in [0.05, 0.1) is 9.99 Å². The van der Waals surface area contributed by atoms with Crippen LogP contribution in [0, 0.1) is 12.7 Å². The first-order chi connectivity index (χ1) is 9.75. The zero-order chi connectivity index (χ0) is 15.8. The van der Waals surface area contributed by atoms with Crippen LogP contribution in [0.2, 0.25) is 0 Å². The van der Waals surface area contributed by atoms with E-state index in [1.807, 2.05) is 13.0 Å². The van der Waals surface area contributed by atoms with E-state index in [1.54, 1.807) is 0 Å². The van der Waals surface area contributed by atoms with Crippen LogP contribution in [-0.2, 0) is 5.41 Å². The van der Waals surface area contributed by atoms with Crippen LogP contribution < -0.4 is 5.32 Å². The number of rotatable bonds is 3. The molecule has 1 aromatic carbocycles. The third kappa shape index (κ3) is 3.20. The molecule has 2 aromatic rings. The number of pyridine rings is 1. The molecule has 0 atom stereocenters. The van der Waals surface area contributed by atoms with Crippen LogP contribution in [0.3, 0.4) is 0 Å². The third-order valence-corrected chi connectivity index (χ3v) is 4.27. The highest BCUT2D eigenvalue weighted by atomic mass is 79.9. The van der Waals surface area contributed by atoms with Gasteiger partial charge >= 0.3 is 0 Å². The van der Waals surface area contributed by atoms with Gasteiger partial charge in [-0.1, -0.05) is 27.7 Å². The number of halogens is 2. The summed E-state index contributed by atoms with van der Waals surface area (Å²) in [4.78, 5) is 4.78. The van der Waals surface area contributed by atoms with Gasteiger partial charge in [0.15, 0.2) is 0 Å². The average Bonchev–Trinajstić information content (AvgIpc) is 2.40. The molecule has 1 aromatic heterocycles. The number of nitrogens with zero attached hydrogens (tertiary/aromatic N) is 1. The standard InChI is InChI=1S/C17H22BrFN2/c1-6-7-20-12-9-13(17(3,4)5)21-16-10(2)8-11(19)15(18)14(12)16/h8-9H,6-7H2,1-5H3,(H,20,21). The molecule has 0 unspecified atom stereocenters. The Hall–Kier alpha value is -1.16. The van der Waals surface area contributed by atoms with Gasteiger partial charge in [0.1, 0.15) is 5.82 Å². The Morgan fingerprint density at radius 1 is 1.29 bits per heavy atom. The molecule has 0 saturated carbocycles. The normalized spacial score (nSPS) is 12.0. The molecule has 21 heavy (non-hydrogen) atoms. The second-order valence-corrected chi connectivity index (χ2v) is 7.24. The van der Waals surface area contributed by atoms with E-state index in [0.29, 0.717) is 4.47 Å². The van der Waals surface area contributed by atoms with E-state index >= 15 is 0 Å². The van der Waals surface area contributed by atoms with E-state index in [0.717, 1.165) is 40.8 Å². The van der Waals surface area contributed by atoms with Crippen LogP contribution in [0.1, 0.15) is 45.4 Å². The molecule has 1 N–H and O–H groups in total. The smallest absolute Gasteiger partial charge is 0.138 e. The van der Waals surface area contributed by atoms with Crippen LogP contribution in [0.15, 0.2) is 16.6 Å². The van der Waals surface area contributed by atoms with Crippen molar-refractivity contribution in [1.29, 1.82) is 0 Å². The lowest BCUT2D eigenvalue weighted by atomic mass is 9.90. The first kappa shape index (κ1) is 16.2. The third-order valence-electron chi connectivity index (χ3n) is 3.50. The Morgan fingerprint density at radius 3 is 2.52 bits per heavy atom. The molecular weight excluding hydrogens is 331 g/mol. The highest BCUT2D eigenvalue weighted by Gasteiger charge is 2.20. The summed E-state index contributed by atoms with van der Waals surface area (Å²) in [6, 6.07) is 3.58. The zero-order valence-electron chi connectivity index (χ0n) is 13.3. The number of benzene rings is 1. The van der Waals surface area contributed by atoms with E-state index in [2.05, 4.69) is 48.9 Å². The molecule has 0 spiro atoms. The van der Waals surface area contributed by atoms with Gasteiger partial charge in [-0.3, -0.25) is 4.98 Å². The topological polar surface area (TPSA) is 24.9 Å². The lowest BCUT2D eigenvalue weighted by Gasteiger charge is -2.21. The van der Waals surface area contributed by atoms with Gasteiger partial charge in [-0.05, 0) is 47.0 Å². The quantitative estimate of drug-likeness (QED) is 0.781. The summed E-state index contributed by atoms with van der Waals surface area (Å²) in [5.74, 6) is -0.246. The minimum absolute atomic E-state index is 0.0515. The molecule has 4 heteroatoms. The van der Waals surface area contributed by atoms with Crippen LogP contribution in [-0.4, -0.2) is 11.5 Å². The highest BCUT2D eigenvalue weighted by molar-refractivity contribution is 9.10. The molecular formula is C17H22BrFN2. The molecule has 1 heterocycles. The lowest BCUT2D eigenvalue weighted by molar-refractivity contribution is 0.571. The van der Waals surface area contributed by atoms with Crippen LogP contribution in [0.25, 0.3) is 10.9 Å². The van der Waals surface area contributed by atoms with E-state index in [9.17, 15) is 4.39 Å². The number of hydrogen-bond acceptors (Lipinski definition) is 2. The Balaban J connectivity index is 2.81. The van der Waals surface area contributed by atoms with Gasteiger partial charge in [-0.2, -0.15) is 0 Å². The Labute approximate surface area is 134 Å². The first-order valence-corrected chi connectivity index (χ1v) is 8.08. The van der Waals surface area contributed by atoms with Gasteiger partial charge in [0.2, 0.25) is 0 Å². The fraction of sp³-hybridized carbons (Fsp3) is 0.471. The molecule has 0 amide bonds. The summed E-state index contributed by atoms with van der Waals surface area (Å²) in [6.07, 6.45) is 1.01. The van der Waals surface area contributed by atoms with Crippen molar-refractivity contribution in [2.75, 3.05) is 11.9 Å². The molecule has 0 radical (unpaired) electrons. The van der Waals surface area contributed by atoms with Crippen molar-refractivity contribution in [3.63, 3.8) is 0 Å². The van der Waals surface area contributed by atoms with Crippen molar-refractivity contribution < 1.29 is 4.39 Å². The van der Waals surface area contributed by atoms with Crippen LogP contribution in [0.4, 0.5) is 10.1 Å². The summed E-state index contributed by atoms with van der Waals surface area (Å²) in [5, 5.41) is 4.24. The van der Waals surface area contributed by atoms with Gasteiger partial charge in [-0.25, -0.2) is 4.39 Å². The van der Waals surface area contributed by atoms with Crippen molar-refractivity contribution in [3.8, 4) is 0 Å². The highest BCUT2D eigenvalue weighted by Crippen LogP contribution is 2.36. The number of nitrogens with one attached hydrogen (secondary N) is 1. The van der Waals surface area contributed by atoms with Gasteiger partial charge in [-0.15, -0.1) is 0 Å². The van der Waals surface area contributed by atoms with E-state index in [4.69, 9.17) is 4.98 Å². The summed E-state index contributed by atoms with van der Waals surface area (Å²) in [5.41, 5.74) is 3.62. The van der Waals surface area contributed by atoms with Gasteiger partial charge < -0.3 is 5.32 Å². The molecule has 0 aliphatic rings. The summed E-state index contributed by atoms with van der Waals surface area (Å²) >= 11 is 3.38. The van der Waals surface area contributed by atoms with E-state index in [1.165, 1.54) is 6.07 Å². The molecule has 0 fully saturated rings. The minimum atomic E-state index is -0.246. The van der Waals surface area contributed by atoms with Crippen molar-refractivity contribution in [1.82, 2.24) is 4.98 Å². The fourth-order valence-corrected chi connectivity index (χ4v) is 2.79. The first-order valence-electron chi connectivity index (χ1n) is 7.29. The Morgan fingerprint density at radius 2 is 1.95 bits per heavy atom. The predicted octanol–water partition coefficient (Wildman–Crippen LogP) is 5.56. The second kappa shape index (κ2) is 5.91. The number of hydrogen-bond donors (Lipinski definition) is 1. The van der Waals surface area contributed by atoms with Crippen molar-refractivity contribution in [3.05, 3.63) is 33.7 Å². The molecule has 0 aliphatic carbocycles. The van der Waals surface area contributed by atoms with E-state index in [-0.39, 0.29) is 11.2 Å². The summed E-state index contributed by atoms with van der Waals surface area (Å²) < 4.78 is 14.5. The van der Waals surface area contributed by atoms with Crippen molar-refractivity contribution >= 4 is 32.5 Å². The number of aryl methyl sites for hydroxylation is 1. The monoisotopic (exact) mass is 352 g/mol. The van der Waals surface area contributed by atoms with Gasteiger partial charge in [0, 0.05) is 28.7 Å². The zero-order valence-corrected chi connectivity index (χ0v) is 14.9. The Kier molecular flexibility index (Phi) is 4.57. The minimum Gasteiger partial charge on any atom is -0.384 e. The molecule has 2 nitrogen and oxygen atoms in total. The van der Waals surface area contributed by atoms with Crippen LogP contribution >= 0.6 is 15.9 Å². The SMILES string of the molecule is CCCNc1cc(C(C)(C)C)nc2c(C)cc(F)c(Br)c12. The summed E-state index contributed by atoms with van der Waals surface area (Å²) in [7, 11) is 0. The molecule has 2 rings (SSSR count). The second-order valence-electron chi connectivity index (χ2n) is 6.44. The molecule has 0 bridgehead atoms. The largest absolute Gasteiger partial charge is 0.384 e. The maximum absolute atomic E-state index is 14.0. The fourth-order valence-electron chi connectivity index (χ4n) is 2.28. The maximum atomic E-state index is 14.0. The number of anilines is 1. The maximum Gasteiger partial charge on any atom is 0.138 e. The van der Waals surface area contributed by atoms with E-state index < -0.39 is 0 Å².